The zero-order valence-corrected chi connectivity index (χ0v) is 8.40. The summed E-state index contributed by atoms with van der Waals surface area (Å²) in [6.07, 6.45) is 0.822. The largest absolute Gasteiger partial charge is 0.401 e. The maximum atomic E-state index is 12.3. The fourth-order valence-electron chi connectivity index (χ4n) is 3.02. The van der Waals surface area contributed by atoms with Gasteiger partial charge < -0.3 is 0 Å². The van der Waals surface area contributed by atoms with Gasteiger partial charge >= 0.3 is 6.18 Å². The van der Waals surface area contributed by atoms with Crippen LogP contribution >= 0.6 is 0 Å². The van der Waals surface area contributed by atoms with Gasteiger partial charge in [0.05, 0.1) is 6.54 Å². The molecule has 0 aliphatic carbocycles. The summed E-state index contributed by atoms with van der Waals surface area (Å²) >= 11 is 0. The van der Waals surface area contributed by atoms with Crippen LogP contribution in [0.1, 0.15) is 39.0 Å². The lowest BCUT2D eigenvalue weighted by molar-refractivity contribution is -0.163. The number of nitrogens with zero attached hydrogens (tertiary/aromatic N) is 1. The van der Waals surface area contributed by atoms with E-state index in [1.165, 1.54) is 0 Å². The number of halogens is 3. The van der Waals surface area contributed by atoms with Gasteiger partial charge in [-0.1, -0.05) is 6.42 Å². The smallest absolute Gasteiger partial charge is 0.287 e. The van der Waals surface area contributed by atoms with E-state index in [0.717, 1.165) is 32.1 Å². The highest BCUT2D eigenvalue weighted by atomic mass is 19.4. The molecule has 0 radical (unpaired) electrons. The molecule has 2 saturated heterocycles. The summed E-state index contributed by atoms with van der Waals surface area (Å²) in [4.78, 5) is 1.69. The van der Waals surface area contributed by atoms with Gasteiger partial charge in [-0.05, 0) is 32.6 Å². The Hall–Kier alpha value is -0.250. The van der Waals surface area contributed by atoms with E-state index >= 15 is 0 Å². The first kappa shape index (κ1) is 10.3. The monoisotopic (exact) mass is 207 g/mol. The van der Waals surface area contributed by atoms with E-state index in [1.54, 1.807) is 4.90 Å². The SMILES string of the molecule is CC12CCCC(CC1)N2CC(F)(F)F. The first-order valence-corrected chi connectivity index (χ1v) is 5.24. The molecule has 0 aromatic rings. The summed E-state index contributed by atoms with van der Waals surface area (Å²) in [7, 11) is 0. The van der Waals surface area contributed by atoms with Crippen molar-refractivity contribution >= 4 is 0 Å². The molecule has 2 unspecified atom stereocenters. The van der Waals surface area contributed by atoms with Crippen LogP contribution in [0.5, 0.6) is 0 Å². The molecule has 2 aliphatic heterocycles. The number of fused-ring (bicyclic) bond motifs is 2. The molecule has 0 saturated carbocycles. The molecular weight excluding hydrogens is 191 g/mol. The highest BCUT2D eigenvalue weighted by Crippen LogP contribution is 2.44. The molecule has 14 heavy (non-hydrogen) atoms. The fraction of sp³-hybridized carbons (Fsp3) is 1.00. The van der Waals surface area contributed by atoms with Crippen LogP contribution < -0.4 is 0 Å². The second-order valence-electron chi connectivity index (χ2n) is 4.82. The highest BCUT2D eigenvalue weighted by Gasteiger charge is 2.49. The van der Waals surface area contributed by atoms with Crippen LogP contribution in [0.4, 0.5) is 13.2 Å². The maximum Gasteiger partial charge on any atom is 0.401 e. The normalized spacial score (nSPS) is 39.0. The molecule has 2 bridgehead atoms. The van der Waals surface area contributed by atoms with Crippen molar-refractivity contribution < 1.29 is 13.2 Å². The molecule has 2 heterocycles. The molecule has 82 valence electrons. The minimum absolute atomic E-state index is 0.168. The zero-order valence-electron chi connectivity index (χ0n) is 8.40. The summed E-state index contributed by atoms with van der Waals surface area (Å²) < 4.78 is 37.0. The molecule has 0 amide bonds. The Kier molecular flexibility index (Phi) is 2.29. The van der Waals surface area contributed by atoms with E-state index in [0.29, 0.717) is 0 Å². The lowest BCUT2D eigenvalue weighted by Gasteiger charge is -2.42. The third-order valence-electron chi connectivity index (χ3n) is 3.75. The zero-order chi connectivity index (χ0) is 10.4. The Morgan fingerprint density at radius 3 is 2.57 bits per heavy atom. The molecular formula is C10H16F3N. The lowest BCUT2D eigenvalue weighted by Crippen LogP contribution is -2.51. The Morgan fingerprint density at radius 1 is 1.29 bits per heavy atom. The average Bonchev–Trinajstić information content (AvgIpc) is 2.27. The van der Waals surface area contributed by atoms with E-state index in [2.05, 4.69) is 0 Å². The van der Waals surface area contributed by atoms with E-state index in [-0.39, 0.29) is 11.6 Å². The minimum atomic E-state index is -4.04. The molecule has 0 aromatic heterocycles. The van der Waals surface area contributed by atoms with Crippen LogP contribution in [0.15, 0.2) is 0 Å². The Labute approximate surface area is 82.3 Å². The van der Waals surface area contributed by atoms with Gasteiger partial charge in [-0.2, -0.15) is 13.2 Å². The lowest BCUT2D eigenvalue weighted by atomic mass is 9.90. The van der Waals surface area contributed by atoms with Crippen LogP contribution in [0.2, 0.25) is 0 Å². The van der Waals surface area contributed by atoms with Crippen LogP contribution in [0.3, 0.4) is 0 Å². The van der Waals surface area contributed by atoms with Gasteiger partial charge in [-0.3, -0.25) is 4.90 Å². The van der Waals surface area contributed by atoms with E-state index in [4.69, 9.17) is 0 Å². The Bertz CT molecular complexity index is 222. The minimum Gasteiger partial charge on any atom is -0.287 e. The Balaban J connectivity index is 2.11. The number of rotatable bonds is 1. The van der Waals surface area contributed by atoms with E-state index in [9.17, 15) is 13.2 Å². The molecule has 1 nitrogen and oxygen atoms in total. The van der Waals surface area contributed by atoms with Crippen molar-refractivity contribution in [1.82, 2.24) is 4.90 Å². The van der Waals surface area contributed by atoms with Crippen molar-refractivity contribution in [2.24, 2.45) is 0 Å². The summed E-state index contributed by atoms with van der Waals surface area (Å²) in [5, 5.41) is 0. The van der Waals surface area contributed by atoms with Gasteiger partial charge in [0.25, 0.3) is 0 Å². The summed E-state index contributed by atoms with van der Waals surface area (Å²) in [6.45, 7) is 1.27. The van der Waals surface area contributed by atoms with Crippen molar-refractivity contribution in [2.45, 2.75) is 56.8 Å². The number of alkyl halides is 3. The van der Waals surface area contributed by atoms with Crippen molar-refractivity contribution in [1.29, 1.82) is 0 Å². The highest BCUT2D eigenvalue weighted by molar-refractivity contribution is 5.01. The predicted octanol–water partition coefficient (Wildman–Crippen LogP) is 2.96. The maximum absolute atomic E-state index is 12.3. The first-order valence-electron chi connectivity index (χ1n) is 5.24. The van der Waals surface area contributed by atoms with E-state index in [1.807, 2.05) is 6.92 Å². The molecule has 0 N–H and O–H groups in total. The number of hydrogen-bond donors (Lipinski definition) is 0. The van der Waals surface area contributed by atoms with Crippen molar-refractivity contribution in [2.75, 3.05) is 6.54 Å². The number of hydrogen-bond acceptors (Lipinski definition) is 1. The van der Waals surface area contributed by atoms with Gasteiger partial charge in [0, 0.05) is 11.6 Å². The molecule has 2 rings (SSSR count). The van der Waals surface area contributed by atoms with Gasteiger partial charge in [-0.15, -0.1) is 0 Å². The standard InChI is InChI=1S/C10H16F3N/c1-9-5-2-3-8(4-6-9)14(9)7-10(11,12)13/h8H,2-7H2,1H3. The molecule has 0 spiro atoms. The second kappa shape index (κ2) is 3.12. The quantitative estimate of drug-likeness (QED) is 0.639. The van der Waals surface area contributed by atoms with Gasteiger partial charge in [0.15, 0.2) is 0 Å². The van der Waals surface area contributed by atoms with Crippen LogP contribution in [-0.2, 0) is 0 Å². The van der Waals surface area contributed by atoms with Crippen molar-refractivity contribution in [3.05, 3.63) is 0 Å². The number of piperidine rings is 1. The summed E-state index contributed by atoms with van der Waals surface area (Å²) in [6, 6.07) is 0.190. The van der Waals surface area contributed by atoms with Crippen molar-refractivity contribution in [3.63, 3.8) is 0 Å². The van der Waals surface area contributed by atoms with Crippen molar-refractivity contribution in [3.8, 4) is 0 Å². The molecule has 2 fully saturated rings. The second-order valence-corrected chi connectivity index (χ2v) is 4.82. The summed E-state index contributed by atoms with van der Waals surface area (Å²) in [5.41, 5.74) is -0.168. The van der Waals surface area contributed by atoms with Crippen LogP contribution in [0, 0.1) is 0 Å². The fourth-order valence-corrected chi connectivity index (χ4v) is 3.02. The van der Waals surface area contributed by atoms with E-state index < -0.39 is 12.7 Å². The Morgan fingerprint density at radius 2 is 2.00 bits per heavy atom. The molecule has 2 aliphatic rings. The van der Waals surface area contributed by atoms with Gasteiger partial charge in [0.2, 0.25) is 0 Å². The topological polar surface area (TPSA) is 3.24 Å². The molecule has 0 aromatic carbocycles. The van der Waals surface area contributed by atoms with Gasteiger partial charge in [0.1, 0.15) is 0 Å². The van der Waals surface area contributed by atoms with Crippen LogP contribution in [0.25, 0.3) is 0 Å². The average molecular weight is 207 g/mol. The molecule has 4 heteroatoms. The third kappa shape index (κ3) is 1.76. The van der Waals surface area contributed by atoms with Crippen LogP contribution in [-0.4, -0.2) is 29.2 Å². The third-order valence-corrected chi connectivity index (χ3v) is 3.75. The predicted molar refractivity (Wildman–Crippen MR) is 48.0 cm³/mol. The van der Waals surface area contributed by atoms with Gasteiger partial charge in [-0.25, -0.2) is 0 Å². The molecule has 2 atom stereocenters. The first-order chi connectivity index (χ1) is 6.41. The summed E-state index contributed by atoms with van der Waals surface area (Å²) in [5.74, 6) is 0.